The molecule has 0 radical (unpaired) electrons. The van der Waals surface area contributed by atoms with Crippen molar-refractivity contribution >= 4 is 0 Å². The van der Waals surface area contributed by atoms with Crippen LogP contribution in [0.1, 0.15) is 40.0 Å². The number of para-hydroxylation sites is 1. The minimum atomic E-state index is -0.359. The molecule has 0 saturated heterocycles. The SMILES string of the molecule is CC(C)(C)C1CCC(C#N)C(Oc2ccccc2F)C1. The fraction of sp³-hybridized carbons (Fsp3) is 0.588. The van der Waals surface area contributed by atoms with E-state index in [1.165, 1.54) is 6.07 Å². The molecule has 1 aliphatic rings. The molecule has 3 heteroatoms. The van der Waals surface area contributed by atoms with Crippen LogP contribution in [0.15, 0.2) is 24.3 Å². The quantitative estimate of drug-likeness (QED) is 0.792. The zero-order valence-corrected chi connectivity index (χ0v) is 12.4. The van der Waals surface area contributed by atoms with Gasteiger partial charge in [-0.3, -0.25) is 0 Å². The molecular formula is C17H22FNO. The average molecular weight is 275 g/mol. The Hall–Kier alpha value is -1.56. The second-order valence-electron chi connectivity index (χ2n) is 6.70. The van der Waals surface area contributed by atoms with Crippen molar-refractivity contribution in [3.8, 4) is 11.8 Å². The van der Waals surface area contributed by atoms with Crippen LogP contribution in [0.3, 0.4) is 0 Å². The Morgan fingerprint density at radius 1 is 1.25 bits per heavy atom. The van der Waals surface area contributed by atoms with Gasteiger partial charge in [0.1, 0.15) is 6.10 Å². The van der Waals surface area contributed by atoms with E-state index in [0.29, 0.717) is 5.92 Å². The monoisotopic (exact) mass is 275 g/mol. The van der Waals surface area contributed by atoms with Crippen LogP contribution in [0, 0.1) is 34.4 Å². The Morgan fingerprint density at radius 3 is 2.55 bits per heavy atom. The number of rotatable bonds is 2. The second kappa shape index (κ2) is 5.83. The molecule has 0 aromatic heterocycles. The normalized spacial score (nSPS) is 26.9. The zero-order chi connectivity index (χ0) is 14.8. The van der Waals surface area contributed by atoms with Crippen LogP contribution in [0.2, 0.25) is 0 Å². The Morgan fingerprint density at radius 2 is 1.95 bits per heavy atom. The summed E-state index contributed by atoms with van der Waals surface area (Å²) in [7, 11) is 0. The fourth-order valence-electron chi connectivity index (χ4n) is 2.90. The van der Waals surface area contributed by atoms with E-state index in [-0.39, 0.29) is 29.0 Å². The minimum absolute atomic E-state index is 0.145. The van der Waals surface area contributed by atoms with Gasteiger partial charge in [0.25, 0.3) is 0 Å². The summed E-state index contributed by atoms with van der Waals surface area (Å²) in [4.78, 5) is 0. The minimum Gasteiger partial charge on any atom is -0.486 e. The van der Waals surface area contributed by atoms with Crippen LogP contribution < -0.4 is 4.74 Å². The topological polar surface area (TPSA) is 33.0 Å². The standard InChI is InChI=1S/C17H22FNO/c1-17(2,3)13-9-8-12(11-19)16(10-13)20-15-7-5-4-6-14(15)18/h4-7,12-13,16H,8-10H2,1-3H3. The highest BCUT2D eigenvalue weighted by molar-refractivity contribution is 5.24. The molecule has 0 N–H and O–H groups in total. The molecular weight excluding hydrogens is 253 g/mol. The largest absolute Gasteiger partial charge is 0.486 e. The van der Waals surface area contributed by atoms with Gasteiger partial charge in [0, 0.05) is 0 Å². The summed E-state index contributed by atoms with van der Waals surface area (Å²) in [6.07, 6.45) is 2.47. The van der Waals surface area contributed by atoms with Crippen LogP contribution in [0.4, 0.5) is 4.39 Å². The molecule has 1 aromatic carbocycles. The van der Waals surface area contributed by atoms with E-state index in [9.17, 15) is 9.65 Å². The summed E-state index contributed by atoms with van der Waals surface area (Å²) in [5, 5.41) is 9.27. The Kier molecular flexibility index (Phi) is 4.32. The van der Waals surface area contributed by atoms with E-state index in [2.05, 4.69) is 26.8 Å². The molecule has 2 rings (SSSR count). The molecule has 3 atom stereocenters. The Labute approximate surface area is 120 Å². The maximum atomic E-state index is 13.7. The molecule has 3 unspecified atom stereocenters. The maximum Gasteiger partial charge on any atom is 0.165 e. The van der Waals surface area contributed by atoms with Gasteiger partial charge in [-0.05, 0) is 42.7 Å². The average Bonchev–Trinajstić information content (AvgIpc) is 2.40. The van der Waals surface area contributed by atoms with Crippen LogP contribution in [-0.4, -0.2) is 6.10 Å². The van der Waals surface area contributed by atoms with E-state index in [4.69, 9.17) is 4.74 Å². The molecule has 20 heavy (non-hydrogen) atoms. The van der Waals surface area contributed by atoms with Gasteiger partial charge in [-0.25, -0.2) is 4.39 Å². The fourth-order valence-corrected chi connectivity index (χ4v) is 2.90. The highest BCUT2D eigenvalue weighted by atomic mass is 19.1. The molecule has 1 fully saturated rings. The van der Waals surface area contributed by atoms with Crippen LogP contribution >= 0.6 is 0 Å². The van der Waals surface area contributed by atoms with E-state index < -0.39 is 0 Å². The van der Waals surface area contributed by atoms with Crippen LogP contribution in [0.5, 0.6) is 5.75 Å². The molecule has 1 aromatic rings. The lowest BCUT2D eigenvalue weighted by molar-refractivity contribution is 0.0469. The molecule has 0 heterocycles. The van der Waals surface area contributed by atoms with Gasteiger partial charge in [-0.2, -0.15) is 5.26 Å². The highest BCUT2D eigenvalue weighted by Gasteiger charge is 2.37. The lowest BCUT2D eigenvalue weighted by Crippen LogP contribution is -2.38. The summed E-state index contributed by atoms with van der Waals surface area (Å²) < 4.78 is 19.5. The van der Waals surface area contributed by atoms with Crippen molar-refractivity contribution in [3.63, 3.8) is 0 Å². The third kappa shape index (κ3) is 3.30. The maximum absolute atomic E-state index is 13.7. The first kappa shape index (κ1) is 14.8. The number of hydrogen-bond acceptors (Lipinski definition) is 2. The number of ether oxygens (including phenoxy) is 1. The Balaban J connectivity index is 2.14. The van der Waals surface area contributed by atoms with Crippen molar-refractivity contribution in [1.29, 1.82) is 5.26 Å². The summed E-state index contributed by atoms with van der Waals surface area (Å²) in [5.74, 6) is 0.256. The van der Waals surface area contributed by atoms with Gasteiger partial charge >= 0.3 is 0 Å². The lowest BCUT2D eigenvalue weighted by Gasteiger charge is -2.39. The first-order valence-corrected chi connectivity index (χ1v) is 7.22. The van der Waals surface area contributed by atoms with E-state index >= 15 is 0 Å². The predicted molar refractivity (Wildman–Crippen MR) is 76.7 cm³/mol. The van der Waals surface area contributed by atoms with Crippen molar-refractivity contribution in [3.05, 3.63) is 30.1 Å². The third-order valence-electron chi connectivity index (χ3n) is 4.30. The molecule has 108 valence electrons. The van der Waals surface area contributed by atoms with Gasteiger partial charge in [-0.15, -0.1) is 0 Å². The van der Waals surface area contributed by atoms with E-state index in [0.717, 1.165) is 19.3 Å². The Bertz CT molecular complexity index is 500. The van der Waals surface area contributed by atoms with Crippen molar-refractivity contribution in [2.75, 3.05) is 0 Å². The number of halogens is 1. The zero-order valence-electron chi connectivity index (χ0n) is 12.4. The summed E-state index contributed by atoms with van der Waals surface area (Å²) in [6.45, 7) is 6.64. The molecule has 0 amide bonds. The van der Waals surface area contributed by atoms with Gasteiger partial charge in [-0.1, -0.05) is 32.9 Å². The first-order chi connectivity index (χ1) is 9.41. The number of nitriles is 1. The van der Waals surface area contributed by atoms with Crippen molar-refractivity contribution in [2.45, 2.75) is 46.1 Å². The van der Waals surface area contributed by atoms with Gasteiger partial charge in [0.05, 0.1) is 12.0 Å². The summed E-state index contributed by atoms with van der Waals surface area (Å²) >= 11 is 0. The van der Waals surface area contributed by atoms with Gasteiger partial charge in [0.15, 0.2) is 11.6 Å². The van der Waals surface area contributed by atoms with Crippen molar-refractivity contribution < 1.29 is 9.13 Å². The van der Waals surface area contributed by atoms with Gasteiger partial charge < -0.3 is 4.74 Å². The van der Waals surface area contributed by atoms with Crippen LogP contribution in [0.25, 0.3) is 0 Å². The number of hydrogen-bond donors (Lipinski definition) is 0. The highest BCUT2D eigenvalue weighted by Crippen LogP contribution is 2.41. The molecule has 0 spiro atoms. The van der Waals surface area contributed by atoms with Crippen LogP contribution in [-0.2, 0) is 0 Å². The lowest BCUT2D eigenvalue weighted by atomic mass is 9.69. The predicted octanol–water partition coefficient (Wildman–Crippen LogP) is 4.56. The molecule has 0 aliphatic heterocycles. The van der Waals surface area contributed by atoms with Crippen molar-refractivity contribution in [1.82, 2.24) is 0 Å². The second-order valence-corrected chi connectivity index (χ2v) is 6.70. The smallest absolute Gasteiger partial charge is 0.165 e. The summed E-state index contributed by atoms with van der Waals surface area (Å²) in [5.41, 5.74) is 0.192. The van der Waals surface area contributed by atoms with Crippen molar-refractivity contribution in [2.24, 2.45) is 17.3 Å². The third-order valence-corrected chi connectivity index (χ3v) is 4.30. The molecule has 2 nitrogen and oxygen atoms in total. The van der Waals surface area contributed by atoms with E-state index in [1.807, 2.05) is 0 Å². The molecule has 0 bridgehead atoms. The number of nitrogens with zero attached hydrogens (tertiary/aromatic N) is 1. The first-order valence-electron chi connectivity index (χ1n) is 7.22. The summed E-state index contributed by atoms with van der Waals surface area (Å²) in [6, 6.07) is 8.73. The van der Waals surface area contributed by atoms with E-state index in [1.54, 1.807) is 18.2 Å². The van der Waals surface area contributed by atoms with Gasteiger partial charge in [0.2, 0.25) is 0 Å². The molecule has 1 aliphatic carbocycles. The molecule has 1 saturated carbocycles. The number of benzene rings is 1.